The zero-order valence-corrected chi connectivity index (χ0v) is 16.7. The minimum atomic E-state index is -0.573. The lowest BCUT2D eigenvalue weighted by atomic mass is 9.95. The summed E-state index contributed by atoms with van der Waals surface area (Å²) in [6.45, 7) is 0. The molecule has 0 saturated heterocycles. The number of ether oxygens (including phenoxy) is 1. The Morgan fingerprint density at radius 3 is 2.77 bits per heavy atom. The van der Waals surface area contributed by atoms with Crippen LogP contribution in [0.2, 0.25) is 0 Å². The number of carbonyl (C=O) groups is 1. The molecule has 0 bridgehead atoms. The summed E-state index contributed by atoms with van der Waals surface area (Å²) in [5.41, 5.74) is 8.18. The van der Waals surface area contributed by atoms with Crippen LogP contribution in [0, 0.1) is 11.3 Å². The van der Waals surface area contributed by atoms with E-state index in [-0.39, 0.29) is 11.9 Å². The first-order chi connectivity index (χ1) is 14.6. The Bertz CT molecular complexity index is 1060. The summed E-state index contributed by atoms with van der Waals surface area (Å²) in [4.78, 5) is 19.6. The molecule has 3 aromatic rings. The molecule has 1 fully saturated rings. The largest absolute Gasteiger partial charge is 0.456 e. The van der Waals surface area contributed by atoms with Gasteiger partial charge >= 0.3 is 0 Å². The van der Waals surface area contributed by atoms with Gasteiger partial charge in [0.15, 0.2) is 0 Å². The third-order valence-electron chi connectivity index (χ3n) is 5.55. The Hall–Kier alpha value is -3.37. The molecule has 30 heavy (non-hydrogen) atoms. The number of nitrogens with one attached hydrogen (secondary N) is 2. The maximum absolute atomic E-state index is 12.4. The van der Waals surface area contributed by atoms with E-state index < -0.39 is 6.04 Å². The summed E-state index contributed by atoms with van der Waals surface area (Å²) in [6.07, 6.45) is 9.40. The lowest BCUT2D eigenvalue weighted by Gasteiger charge is -2.24. The zero-order valence-electron chi connectivity index (χ0n) is 16.7. The predicted molar refractivity (Wildman–Crippen MR) is 114 cm³/mol. The topological polar surface area (TPSA) is 117 Å². The number of nitriles is 1. The molecule has 4 rings (SSSR count). The number of aromatic amines is 1. The van der Waals surface area contributed by atoms with Crippen LogP contribution in [0.25, 0.3) is 11.0 Å². The number of hydrogen-bond acceptors (Lipinski definition) is 5. The average Bonchev–Trinajstić information content (AvgIpc) is 3.20. The lowest BCUT2D eigenvalue weighted by molar-refractivity contribution is -0.123. The van der Waals surface area contributed by atoms with Crippen LogP contribution in [0.15, 0.2) is 42.7 Å². The predicted octanol–water partition coefficient (Wildman–Crippen LogP) is 3.55. The molecule has 1 unspecified atom stereocenters. The van der Waals surface area contributed by atoms with Gasteiger partial charge in [0.2, 0.25) is 5.91 Å². The van der Waals surface area contributed by atoms with E-state index in [0.717, 1.165) is 18.4 Å². The monoisotopic (exact) mass is 403 g/mol. The van der Waals surface area contributed by atoms with Gasteiger partial charge in [-0.2, -0.15) is 5.26 Å². The Morgan fingerprint density at radius 1 is 1.27 bits per heavy atom. The number of benzene rings is 1. The molecule has 0 spiro atoms. The summed E-state index contributed by atoms with van der Waals surface area (Å²) in [6, 6.07) is 11.1. The number of pyridine rings is 1. The highest BCUT2D eigenvalue weighted by Crippen LogP contribution is 2.31. The molecule has 7 heteroatoms. The highest BCUT2D eigenvalue weighted by Gasteiger charge is 2.20. The van der Waals surface area contributed by atoms with E-state index in [1.807, 2.05) is 24.3 Å². The number of H-pyrrole nitrogens is 1. The number of nitrogens with zero attached hydrogens (tertiary/aromatic N) is 2. The van der Waals surface area contributed by atoms with Gasteiger partial charge in [-0.25, -0.2) is 4.98 Å². The van der Waals surface area contributed by atoms with Crippen LogP contribution in [0.3, 0.4) is 0 Å². The van der Waals surface area contributed by atoms with Crippen LogP contribution in [0.1, 0.15) is 43.2 Å². The third-order valence-corrected chi connectivity index (χ3v) is 5.55. The van der Waals surface area contributed by atoms with Crippen molar-refractivity contribution in [3.63, 3.8) is 0 Å². The molecular weight excluding hydrogens is 378 g/mol. The van der Waals surface area contributed by atoms with E-state index >= 15 is 0 Å². The highest BCUT2D eigenvalue weighted by atomic mass is 16.5. The summed E-state index contributed by atoms with van der Waals surface area (Å²) in [7, 11) is 0. The fraction of sp³-hybridized carbons (Fsp3) is 0.348. The summed E-state index contributed by atoms with van der Waals surface area (Å²) < 4.78 is 5.98. The van der Waals surface area contributed by atoms with Gasteiger partial charge in [-0.05, 0) is 43.0 Å². The van der Waals surface area contributed by atoms with Gasteiger partial charge in [0.25, 0.3) is 0 Å². The number of aromatic nitrogens is 2. The van der Waals surface area contributed by atoms with Gasteiger partial charge in [0.1, 0.15) is 23.2 Å². The summed E-state index contributed by atoms with van der Waals surface area (Å²) in [5, 5.41) is 13.0. The van der Waals surface area contributed by atoms with Gasteiger partial charge in [-0.1, -0.05) is 31.4 Å². The molecular formula is C23H25N5O2. The molecule has 1 saturated carbocycles. The van der Waals surface area contributed by atoms with E-state index in [2.05, 4.69) is 21.4 Å². The molecule has 2 heterocycles. The first kappa shape index (κ1) is 19.9. The smallest absolute Gasteiger partial charge is 0.237 e. The van der Waals surface area contributed by atoms with Crippen molar-refractivity contribution in [3.05, 3.63) is 53.9 Å². The van der Waals surface area contributed by atoms with Crippen molar-refractivity contribution in [2.75, 3.05) is 0 Å². The average molecular weight is 403 g/mol. The number of nitrogens with two attached hydrogens (primary N) is 1. The number of rotatable bonds is 6. The van der Waals surface area contributed by atoms with E-state index in [1.54, 1.807) is 18.5 Å². The van der Waals surface area contributed by atoms with Gasteiger partial charge in [0.05, 0.1) is 17.0 Å². The fourth-order valence-electron chi connectivity index (χ4n) is 3.92. The van der Waals surface area contributed by atoms with Crippen LogP contribution >= 0.6 is 0 Å². The van der Waals surface area contributed by atoms with E-state index in [9.17, 15) is 10.1 Å². The van der Waals surface area contributed by atoms with Crippen molar-refractivity contribution in [1.29, 1.82) is 5.26 Å². The highest BCUT2D eigenvalue weighted by molar-refractivity contribution is 5.88. The van der Waals surface area contributed by atoms with Crippen LogP contribution in [0.4, 0.5) is 0 Å². The number of amides is 1. The first-order valence-electron chi connectivity index (χ1n) is 10.3. The molecule has 4 N–H and O–H groups in total. The van der Waals surface area contributed by atoms with E-state index in [0.29, 0.717) is 34.5 Å². The van der Waals surface area contributed by atoms with Gasteiger partial charge in [-0.15, -0.1) is 0 Å². The van der Waals surface area contributed by atoms with Crippen molar-refractivity contribution in [3.8, 4) is 17.6 Å². The molecule has 1 amide bonds. The molecule has 7 nitrogen and oxygen atoms in total. The van der Waals surface area contributed by atoms with Crippen molar-refractivity contribution < 1.29 is 9.53 Å². The Kier molecular flexibility index (Phi) is 5.96. The maximum Gasteiger partial charge on any atom is 0.237 e. The molecule has 154 valence electrons. The second-order valence-corrected chi connectivity index (χ2v) is 7.75. The Balaban J connectivity index is 1.39. The lowest BCUT2D eigenvalue weighted by Crippen LogP contribution is -2.46. The van der Waals surface area contributed by atoms with Crippen LogP contribution in [0.5, 0.6) is 11.5 Å². The van der Waals surface area contributed by atoms with Gasteiger partial charge in [-0.3, -0.25) is 4.79 Å². The van der Waals surface area contributed by atoms with Crippen molar-refractivity contribution in [2.24, 2.45) is 5.73 Å². The van der Waals surface area contributed by atoms with E-state index in [4.69, 9.17) is 10.5 Å². The minimum absolute atomic E-state index is 0.0853. The molecule has 1 aliphatic rings. The summed E-state index contributed by atoms with van der Waals surface area (Å²) >= 11 is 0. The first-order valence-corrected chi connectivity index (χ1v) is 10.3. The molecule has 2 aromatic heterocycles. The van der Waals surface area contributed by atoms with Crippen LogP contribution in [-0.4, -0.2) is 28.0 Å². The minimum Gasteiger partial charge on any atom is -0.456 e. The van der Waals surface area contributed by atoms with Gasteiger partial charge in [0, 0.05) is 18.4 Å². The molecule has 1 atom stereocenters. The van der Waals surface area contributed by atoms with Gasteiger partial charge < -0.3 is 20.8 Å². The number of fused-ring (bicyclic) bond motifs is 1. The second-order valence-electron chi connectivity index (χ2n) is 7.75. The maximum atomic E-state index is 12.4. The molecule has 1 aliphatic carbocycles. The fourth-order valence-corrected chi connectivity index (χ4v) is 3.92. The van der Waals surface area contributed by atoms with Crippen molar-refractivity contribution in [1.82, 2.24) is 15.3 Å². The standard InChI is InChI=1S/C23H25N5O2/c24-13-16-14-27-22-21(16)20(10-11-26-22)30-18-8-6-15(7-9-18)12-19(25)23(29)28-17-4-2-1-3-5-17/h6-11,14,17,19H,1-5,12,25H2,(H,26,27)(H,28,29). The number of carbonyl (C=O) groups excluding carboxylic acids is 1. The summed E-state index contributed by atoms with van der Waals surface area (Å²) in [5.74, 6) is 1.11. The van der Waals surface area contributed by atoms with Crippen LogP contribution < -0.4 is 15.8 Å². The molecule has 0 radical (unpaired) electrons. The van der Waals surface area contributed by atoms with Crippen LogP contribution in [-0.2, 0) is 11.2 Å². The Morgan fingerprint density at radius 2 is 2.03 bits per heavy atom. The molecule has 1 aromatic carbocycles. The Labute approximate surface area is 175 Å². The number of hydrogen-bond donors (Lipinski definition) is 3. The van der Waals surface area contributed by atoms with E-state index in [1.165, 1.54) is 19.3 Å². The quantitative estimate of drug-likeness (QED) is 0.582. The SMILES string of the molecule is N#Cc1c[nH]c2nccc(Oc3ccc(CC(N)C(=O)NC4CCCCC4)cc3)c12. The second kappa shape index (κ2) is 8.97. The zero-order chi connectivity index (χ0) is 20.9. The third kappa shape index (κ3) is 4.44. The van der Waals surface area contributed by atoms with Crippen molar-refractivity contribution >= 4 is 16.9 Å². The van der Waals surface area contributed by atoms with Crippen molar-refractivity contribution in [2.45, 2.75) is 50.6 Å². The normalized spacial score (nSPS) is 15.5. The molecule has 0 aliphatic heterocycles.